The quantitative estimate of drug-likeness (QED) is 0.635. The summed E-state index contributed by atoms with van der Waals surface area (Å²) in [7, 11) is 0. The van der Waals surface area contributed by atoms with Gasteiger partial charge in [0.05, 0.1) is 6.26 Å². The fraction of sp³-hybridized carbons (Fsp3) is 0.389. The van der Waals surface area contributed by atoms with Gasteiger partial charge in [0.25, 0.3) is 0 Å². The molecule has 1 aromatic carbocycles. The molecule has 0 saturated carbocycles. The summed E-state index contributed by atoms with van der Waals surface area (Å²) in [5.74, 6) is 0. The van der Waals surface area contributed by atoms with Crippen LogP contribution in [0.2, 0.25) is 0 Å². The normalized spacial score (nSPS) is 12.4. The third kappa shape index (κ3) is 2.37. The highest BCUT2D eigenvalue weighted by Gasteiger charge is 2.20. The molecule has 0 aliphatic rings. The van der Waals surface area contributed by atoms with E-state index in [-0.39, 0.29) is 11.0 Å². The van der Waals surface area contributed by atoms with Crippen molar-refractivity contribution in [3.63, 3.8) is 0 Å². The predicted molar refractivity (Wildman–Crippen MR) is 85.0 cm³/mol. The van der Waals surface area contributed by atoms with Crippen molar-refractivity contribution < 1.29 is 8.83 Å². The molecule has 2 aromatic heterocycles. The van der Waals surface area contributed by atoms with Crippen LogP contribution in [0.1, 0.15) is 45.2 Å². The summed E-state index contributed by atoms with van der Waals surface area (Å²) in [4.78, 5) is 11.7. The molecule has 2 heterocycles. The Kier molecular flexibility index (Phi) is 3.16. The number of rotatable bonds is 2. The molecule has 0 aliphatic carbocycles. The lowest BCUT2D eigenvalue weighted by Gasteiger charge is -2.16. The lowest BCUT2D eigenvalue weighted by Crippen LogP contribution is -2.09. The first kappa shape index (κ1) is 13.9. The monoisotopic (exact) mass is 284 g/mol. The van der Waals surface area contributed by atoms with E-state index in [1.807, 2.05) is 6.07 Å². The van der Waals surface area contributed by atoms with Crippen LogP contribution in [0.3, 0.4) is 0 Å². The second-order valence-corrected chi connectivity index (χ2v) is 6.58. The van der Waals surface area contributed by atoms with Crippen molar-refractivity contribution in [1.82, 2.24) is 0 Å². The molecule has 0 aliphatic heterocycles. The molecule has 0 amide bonds. The smallest absolute Gasteiger partial charge is 0.336 e. The minimum absolute atomic E-state index is 0.0134. The van der Waals surface area contributed by atoms with Crippen molar-refractivity contribution in [3.05, 3.63) is 46.0 Å². The van der Waals surface area contributed by atoms with Crippen molar-refractivity contribution in [2.45, 2.75) is 46.0 Å². The van der Waals surface area contributed by atoms with Crippen LogP contribution in [-0.2, 0) is 11.8 Å². The van der Waals surface area contributed by atoms with Gasteiger partial charge in [0.2, 0.25) is 0 Å². The van der Waals surface area contributed by atoms with E-state index in [0.29, 0.717) is 5.58 Å². The van der Waals surface area contributed by atoms with Gasteiger partial charge in [-0.25, -0.2) is 4.79 Å². The largest absolute Gasteiger partial charge is 0.464 e. The maximum absolute atomic E-state index is 11.7. The van der Waals surface area contributed by atoms with Crippen LogP contribution in [-0.4, -0.2) is 0 Å². The van der Waals surface area contributed by atoms with Crippen molar-refractivity contribution in [3.8, 4) is 0 Å². The first-order valence-corrected chi connectivity index (χ1v) is 7.38. The minimum Gasteiger partial charge on any atom is -0.464 e. The van der Waals surface area contributed by atoms with Crippen LogP contribution in [0.25, 0.3) is 21.9 Å². The summed E-state index contributed by atoms with van der Waals surface area (Å²) in [6.45, 7) is 8.61. The Morgan fingerprint density at radius 1 is 1.05 bits per heavy atom. The number of hydrogen-bond donors (Lipinski definition) is 0. The highest BCUT2D eigenvalue weighted by atomic mass is 16.4. The molecule has 21 heavy (non-hydrogen) atoms. The summed E-state index contributed by atoms with van der Waals surface area (Å²) in [6.07, 6.45) is 3.67. The number of aryl methyl sites for hydroxylation is 1. The summed E-state index contributed by atoms with van der Waals surface area (Å²) >= 11 is 0. The van der Waals surface area contributed by atoms with E-state index in [2.05, 4.69) is 33.8 Å². The van der Waals surface area contributed by atoms with E-state index >= 15 is 0 Å². The van der Waals surface area contributed by atoms with E-state index in [1.54, 1.807) is 12.3 Å². The maximum atomic E-state index is 11.7. The Morgan fingerprint density at radius 3 is 2.48 bits per heavy atom. The topological polar surface area (TPSA) is 43.4 Å². The number of hydrogen-bond acceptors (Lipinski definition) is 3. The average molecular weight is 284 g/mol. The zero-order valence-electron chi connectivity index (χ0n) is 12.9. The first-order valence-electron chi connectivity index (χ1n) is 7.38. The van der Waals surface area contributed by atoms with E-state index in [0.717, 1.165) is 34.8 Å². The van der Waals surface area contributed by atoms with Crippen LogP contribution in [0.15, 0.2) is 38.1 Å². The Bertz CT molecular complexity index is 860. The molecule has 3 nitrogen and oxygen atoms in total. The Balaban J connectivity index is 2.38. The molecule has 0 radical (unpaired) electrons. The minimum atomic E-state index is -0.298. The molecular weight excluding hydrogens is 264 g/mol. The van der Waals surface area contributed by atoms with Gasteiger partial charge in [0.15, 0.2) is 0 Å². The second-order valence-electron chi connectivity index (χ2n) is 6.58. The van der Waals surface area contributed by atoms with E-state index in [4.69, 9.17) is 8.83 Å². The van der Waals surface area contributed by atoms with Crippen LogP contribution >= 0.6 is 0 Å². The third-order valence-corrected chi connectivity index (χ3v) is 3.85. The Hall–Kier alpha value is -2.03. The van der Waals surface area contributed by atoms with Gasteiger partial charge in [-0.1, -0.05) is 34.1 Å². The van der Waals surface area contributed by atoms with Gasteiger partial charge >= 0.3 is 5.63 Å². The molecule has 0 atom stereocenters. The molecule has 0 fully saturated rings. The van der Waals surface area contributed by atoms with Gasteiger partial charge in [-0.15, -0.1) is 0 Å². The number of benzene rings is 1. The third-order valence-electron chi connectivity index (χ3n) is 3.85. The highest BCUT2D eigenvalue weighted by Crippen LogP contribution is 2.34. The lowest BCUT2D eigenvalue weighted by molar-refractivity contribution is 0.552. The Morgan fingerprint density at radius 2 is 1.81 bits per heavy atom. The summed E-state index contributed by atoms with van der Waals surface area (Å²) in [5, 5.41) is 2.11. The van der Waals surface area contributed by atoms with Gasteiger partial charge in [-0.2, -0.15) is 0 Å². The molecule has 0 saturated heterocycles. The molecule has 110 valence electrons. The SMILES string of the molecule is CCCc1cc(=O)oc2cc3occ(C(C)(C)C)c3cc12. The molecule has 3 rings (SSSR count). The summed E-state index contributed by atoms with van der Waals surface area (Å²) in [6, 6.07) is 5.54. The fourth-order valence-electron chi connectivity index (χ4n) is 2.81. The number of furan rings is 1. The van der Waals surface area contributed by atoms with Crippen molar-refractivity contribution in [1.29, 1.82) is 0 Å². The second kappa shape index (κ2) is 4.76. The molecule has 3 heteroatoms. The zero-order valence-corrected chi connectivity index (χ0v) is 12.9. The lowest BCUT2D eigenvalue weighted by atomic mass is 9.86. The average Bonchev–Trinajstić information content (AvgIpc) is 2.79. The van der Waals surface area contributed by atoms with E-state index in [9.17, 15) is 4.79 Å². The van der Waals surface area contributed by atoms with Crippen LogP contribution < -0.4 is 5.63 Å². The Labute approximate surface area is 123 Å². The van der Waals surface area contributed by atoms with E-state index < -0.39 is 0 Å². The van der Waals surface area contributed by atoms with Gasteiger partial charge in [-0.3, -0.25) is 0 Å². The highest BCUT2D eigenvalue weighted by molar-refractivity contribution is 5.96. The van der Waals surface area contributed by atoms with Crippen LogP contribution in [0.4, 0.5) is 0 Å². The number of fused-ring (bicyclic) bond motifs is 2. The summed E-state index contributed by atoms with van der Waals surface area (Å²) in [5.41, 5.74) is 3.31. The molecule has 0 N–H and O–H groups in total. The van der Waals surface area contributed by atoms with Crippen LogP contribution in [0.5, 0.6) is 0 Å². The zero-order chi connectivity index (χ0) is 15.2. The molecule has 0 spiro atoms. The fourth-order valence-corrected chi connectivity index (χ4v) is 2.81. The first-order chi connectivity index (χ1) is 9.90. The van der Waals surface area contributed by atoms with Gasteiger partial charge < -0.3 is 8.83 Å². The van der Waals surface area contributed by atoms with Crippen LogP contribution in [0, 0.1) is 0 Å². The molecule has 3 aromatic rings. The maximum Gasteiger partial charge on any atom is 0.336 e. The summed E-state index contributed by atoms with van der Waals surface area (Å²) < 4.78 is 11.0. The molecular formula is C18H20O3. The van der Waals surface area contributed by atoms with Crippen molar-refractivity contribution in [2.75, 3.05) is 0 Å². The standard InChI is InChI=1S/C18H20O3/c1-5-6-11-7-17(19)21-16-9-15-13(8-12(11)16)14(10-20-15)18(2,3)4/h7-10H,5-6H2,1-4H3. The van der Waals surface area contributed by atoms with Gasteiger partial charge in [-0.05, 0) is 23.5 Å². The van der Waals surface area contributed by atoms with Gasteiger partial charge in [0.1, 0.15) is 11.2 Å². The van der Waals surface area contributed by atoms with E-state index in [1.165, 1.54) is 5.56 Å². The predicted octanol–water partition coefficient (Wildman–Crippen LogP) is 4.79. The molecule has 0 unspecified atom stereocenters. The van der Waals surface area contributed by atoms with Gasteiger partial charge in [0, 0.05) is 28.5 Å². The molecule has 0 bridgehead atoms. The van der Waals surface area contributed by atoms with Crippen molar-refractivity contribution >= 4 is 21.9 Å². The van der Waals surface area contributed by atoms with Crippen molar-refractivity contribution in [2.24, 2.45) is 0 Å².